The molecule has 0 aliphatic heterocycles. The summed E-state index contributed by atoms with van der Waals surface area (Å²) >= 11 is 2.91. The Balaban J connectivity index is 3.25. The molecule has 0 radical (unpaired) electrons. The van der Waals surface area contributed by atoms with Gasteiger partial charge in [0.1, 0.15) is 0 Å². The van der Waals surface area contributed by atoms with Gasteiger partial charge in [-0.15, -0.1) is 13.2 Å². The predicted octanol–water partition coefficient (Wildman–Crippen LogP) is 2.03. The summed E-state index contributed by atoms with van der Waals surface area (Å²) in [4.78, 5) is 10.9. The Morgan fingerprint density at radius 2 is 1.94 bits per heavy atom. The van der Waals surface area contributed by atoms with Gasteiger partial charge < -0.3 is 16.2 Å². The maximum absolute atomic E-state index is 12.0. The van der Waals surface area contributed by atoms with E-state index in [1.165, 1.54) is 6.07 Å². The van der Waals surface area contributed by atoms with E-state index in [0.29, 0.717) is 0 Å². The van der Waals surface area contributed by atoms with E-state index in [1.54, 1.807) is 0 Å². The third-order valence-electron chi connectivity index (χ3n) is 1.60. The van der Waals surface area contributed by atoms with Crippen molar-refractivity contribution in [3.05, 3.63) is 22.2 Å². The molecule has 0 fully saturated rings. The standard InChI is InChI=1S/C8H6BrF3N2O2/c9-3-1-4(7(14)15)6(13)5(2-3)16-8(10,11)12/h1-2H,13H2,(H2,14,15). The SMILES string of the molecule is NC(=O)c1cc(Br)cc(OC(F)(F)F)c1N. The number of ether oxygens (including phenoxy) is 1. The molecule has 8 heteroatoms. The number of carbonyl (C=O) groups is 1. The van der Waals surface area contributed by atoms with Crippen molar-refractivity contribution in [3.8, 4) is 5.75 Å². The Morgan fingerprint density at radius 1 is 1.38 bits per heavy atom. The number of hydrogen-bond donors (Lipinski definition) is 2. The summed E-state index contributed by atoms with van der Waals surface area (Å²) in [6.45, 7) is 0. The highest BCUT2D eigenvalue weighted by Gasteiger charge is 2.32. The van der Waals surface area contributed by atoms with E-state index in [9.17, 15) is 18.0 Å². The number of rotatable bonds is 2. The number of anilines is 1. The molecule has 0 unspecified atom stereocenters. The normalized spacial score (nSPS) is 11.2. The first-order chi connectivity index (χ1) is 7.20. The number of hydrogen-bond acceptors (Lipinski definition) is 3. The number of carbonyl (C=O) groups excluding carboxylic acids is 1. The van der Waals surface area contributed by atoms with Crippen LogP contribution in [0, 0.1) is 0 Å². The fraction of sp³-hybridized carbons (Fsp3) is 0.125. The number of primary amides is 1. The molecule has 0 saturated carbocycles. The first kappa shape index (κ1) is 12.6. The average Bonchev–Trinajstić information content (AvgIpc) is 2.07. The lowest BCUT2D eigenvalue weighted by Gasteiger charge is -2.13. The Hall–Kier alpha value is -1.44. The van der Waals surface area contributed by atoms with Crippen LogP contribution in [0.2, 0.25) is 0 Å². The molecule has 4 N–H and O–H groups in total. The van der Waals surface area contributed by atoms with Crippen LogP contribution in [0.4, 0.5) is 18.9 Å². The lowest BCUT2D eigenvalue weighted by molar-refractivity contribution is -0.274. The van der Waals surface area contributed by atoms with Crippen LogP contribution in [0.1, 0.15) is 10.4 Å². The van der Waals surface area contributed by atoms with Crippen molar-refractivity contribution < 1.29 is 22.7 Å². The summed E-state index contributed by atoms with van der Waals surface area (Å²) in [5.41, 5.74) is 9.56. The van der Waals surface area contributed by atoms with Crippen molar-refractivity contribution in [2.24, 2.45) is 5.73 Å². The molecule has 0 heterocycles. The first-order valence-corrected chi connectivity index (χ1v) is 4.64. The van der Waals surface area contributed by atoms with Crippen LogP contribution in [-0.2, 0) is 0 Å². The zero-order valence-corrected chi connectivity index (χ0v) is 9.22. The van der Waals surface area contributed by atoms with Crippen molar-refractivity contribution in [2.75, 3.05) is 5.73 Å². The largest absolute Gasteiger partial charge is 0.573 e. The van der Waals surface area contributed by atoms with Crippen molar-refractivity contribution in [1.29, 1.82) is 0 Å². The van der Waals surface area contributed by atoms with E-state index in [0.717, 1.165) is 6.07 Å². The van der Waals surface area contributed by atoms with E-state index >= 15 is 0 Å². The van der Waals surface area contributed by atoms with Crippen LogP contribution in [0.15, 0.2) is 16.6 Å². The molecule has 0 aliphatic carbocycles. The minimum Gasteiger partial charge on any atom is -0.404 e. The number of nitrogen functional groups attached to an aromatic ring is 1. The Kier molecular flexibility index (Phi) is 3.32. The summed E-state index contributed by atoms with van der Waals surface area (Å²) < 4.78 is 39.8. The molecule has 0 aromatic heterocycles. The maximum atomic E-state index is 12.0. The molecule has 1 amide bonds. The van der Waals surface area contributed by atoms with Crippen LogP contribution < -0.4 is 16.2 Å². The van der Waals surface area contributed by atoms with Crippen molar-refractivity contribution in [1.82, 2.24) is 0 Å². The summed E-state index contributed by atoms with van der Waals surface area (Å²) in [7, 11) is 0. The van der Waals surface area contributed by atoms with E-state index < -0.39 is 23.7 Å². The second-order valence-electron chi connectivity index (χ2n) is 2.78. The van der Waals surface area contributed by atoms with Gasteiger partial charge in [0.25, 0.3) is 5.91 Å². The molecule has 4 nitrogen and oxygen atoms in total. The molecule has 16 heavy (non-hydrogen) atoms. The zero-order valence-electron chi connectivity index (χ0n) is 7.64. The lowest BCUT2D eigenvalue weighted by Crippen LogP contribution is -2.20. The van der Waals surface area contributed by atoms with E-state index in [4.69, 9.17) is 11.5 Å². The van der Waals surface area contributed by atoms with Crippen LogP contribution >= 0.6 is 15.9 Å². The van der Waals surface area contributed by atoms with Crippen LogP contribution in [-0.4, -0.2) is 12.3 Å². The second-order valence-corrected chi connectivity index (χ2v) is 3.69. The number of halogens is 4. The molecule has 0 bridgehead atoms. The summed E-state index contributed by atoms with van der Waals surface area (Å²) in [6.07, 6.45) is -4.89. The average molecular weight is 299 g/mol. The monoisotopic (exact) mass is 298 g/mol. The molecule has 0 saturated heterocycles. The third kappa shape index (κ3) is 3.02. The number of benzene rings is 1. The molecule has 1 rings (SSSR count). The molecule has 1 aromatic carbocycles. The van der Waals surface area contributed by atoms with Crippen LogP contribution in [0.3, 0.4) is 0 Å². The van der Waals surface area contributed by atoms with Crippen molar-refractivity contribution >= 4 is 27.5 Å². The molecule has 0 atom stereocenters. The fourth-order valence-corrected chi connectivity index (χ4v) is 1.44. The van der Waals surface area contributed by atoms with Crippen molar-refractivity contribution in [3.63, 3.8) is 0 Å². The quantitative estimate of drug-likeness (QED) is 0.820. The van der Waals surface area contributed by atoms with Gasteiger partial charge >= 0.3 is 6.36 Å². The molecule has 0 spiro atoms. The predicted molar refractivity (Wildman–Crippen MR) is 53.8 cm³/mol. The molecular weight excluding hydrogens is 293 g/mol. The highest BCUT2D eigenvalue weighted by atomic mass is 79.9. The summed E-state index contributed by atoms with van der Waals surface area (Å²) in [5, 5.41) is 0. The van der Waals surface area contributed by atoms with Crippen LogP contribution in [0.5, 0.6) is 5.75 Å². The van der Waals surface area contributed by atoms with Gasteiger partial charge in [0.05, 0.1) is 11.3 Å². The van der Waals surface area contributed by atoms with Gasteiger partial charge in [0.2, 0.25) is 0 Å². The van der Waals surface area contributed by atoms with Gasteiger partial charge in [-0.2, -0.15) is 0 Å². The van der Waals surface area contributed by atoms with E-state index in [2.05, 4.69) is 20.7 Å². The topological polar surface area (TPSA) is 78.3 Å². The van der Waals surface area contributed by atoms with Gasteiger partial charge in [-0.05, 0) is 12.1 Å². The maximum Gasteiger partial charge on any atom is 0.573 e. The Bertz CT molecular complexity index is 434. The zero-order chi connectivity index (χ0) is 12.5. The molecule has 88 valence electrons. The number of alkyl halides is 3. The van der Waals surface area contributed by atoms with Gasteiger partial charge in [-0.1, -0.05) is 15.9 Å². The van der Waals surface area contributed by atoms with Gasteiger partial charge in [-0.25, -0.2) is 0 Å². The van der Waals surface area contributed by atoms with E-state index in [-0.39, 0.29) is 10.0 Å². The Morgan fingerprint density at radius 3 is 2.38 bits per heavy atom. The minimum absolute atomic E-state index is 0.203. The Labute approximate surface area is 96.5 Å². The number of amides is 1. The minimum atomic E-state index is -4.89. The van der Waals surface area contributed by atoms with Gasteiger partial charge in [0, 0.05) is 4.47 Å². The molecule has 1 aromatic rings. The number of nitrogens with two attached hydrogens (primary N) is 2. The van der Waals surface area contributed by atoms with Crippen molar-refractivity contribution in [2.45, 2.75) is 6.36 Å². The van der Waals surface area contributed by atoms with E-state index in [1.807, 2.05) is 0 Å². The fourth-order valence-electron chi connectivity index (χ4n) is 1.01. The van der Waals surface area contributed by atoms with Gasteiger partial charge in [-0.3, -0.25) is 4.79 Å². The summed E-state index contributed by atoms with van der Waals surface area (Å²) in [6, 6.07) is 2.20. The third-order valence-corrected chi connectivity index (χ3v) is 2.06. The summed E-state index contributed by atoms with van der Waals surface area (Å²) in [5.74, 6) is -1.61. The highest BCUT2D eigenvalue weighted by molar-refractivity contribution is 9.10. The molecule has 0 aliphatic rings. The first-order valence-electron chi connectivity index (χ1n) is 3.85. The second kappa shape index (κ2) is 4.20. The smallest absolute Gasteiger partial charge is 0.404 e. The highest BCUT2D eigenvalue weighted by Crippen LogP contribution is 2.33. The van der Waals surface area contributed by atoms with Gasteiger partial charge in [0.15, 0.2) is 5.75 Å². The van der Waals surface area contributed by atoms with Crippen LogP contribution in [0.25, 0.3) is 0 Å². The lowest BCUT2D eigenvalue weighted by atomic mass is 10.1. The molecular formula is C8H6BrF3N2O2.